The van der Waals surface area contributed by atoms with Gasteiger partial charge in [-0.2, -0.15) is 0 Å². The molecular weight excluding hydrogens is 440 g/mol. The van der Waals surface area contributed by atoms with Gasteiger partial charge >= 0.3 is 5.97 Å². The molecule has 0 unspecified atom stereocenters. The van der Waals surface area contributed by atoms with Gasteiger partial charge in [0.15, 0.2) is 6.61 Å². The number of esters is 1. The summed E-state index contributed by atoms with van der Waals surface area (Å²) in [6.45, 7) is 1.92. The van der Waals surface area contributed by atoms with Crippen LogP contribution in [0.15, 0.2) is 53.0 Å². The van der Waals surface area contributed by atoms with Gasteiger partial charge in [0.2, 0.25) is 5.91 Å². The van der Waals surface area contributed by atoms with Gasteiger partial charge in [-0.05, 0) is 36.2 Å². The van der Waals surface area contributed by atoms with Crippen LogP contribution >= 0.6 is 15.9 Å². The van der Waals surface area contributed by atoms with Gasteiger partial charge in [0.05, 0.1) is 13.0 Å². The molecule has 2 aromatic rings. The van der Waals surface area contributed by atoms with Crippen molar-refractivity contribution < 1.29 is 23.9 Å². The van der Waals surface area contributed by atoms with Crippen LogP contribution < -0.4 is 15.6 Å². The predicted molar refractivity (Wildman–Crippen MR) is 111 cm³/mol. The second kappa shape index (κ2) is 11.9. The van der Waals surface area contributed by atoms with E-state index in [1.54, 1.807) is 12.1 Å². The molecule has 0 heterocycles. The first-order valence-corrected chi connectivity index (χ1v) is 9.89. The molecule has 2 N–H and O–H groups in total. The molecule has 0 aliphatic heterocycles. The van der Waals surface area contributed by atoms with Crippen molar-refractivity contribution in [1.29, 1.82) is 0 Å². The van der Waals surface area contributed by atoms with Crippen LogP contribution in [-0.2, 0) is 25.5 Å². The van der Waals surface area contributed by atoms with Crippen LogP contribution in [-0.4, -0.2) is 31.0 Å². The molecule has 8 heteroatoms. The Labute approximate surface area is 177 Å². The minimum atomic E-state index is -0.510. The molecular formula is C21H23BrN2O5. The van der Waals surface area contributed by atoms with Gasteiger partial charge in [0, 0.05) is 17.3 Å². The van der Waals surface area contributed by atoms with Crippen molar-refractivity contribution in [2.24, 2.45) is 0 Å². The van der Waals surface area contributed by atoms with Gasteiger partial charge in [0.1, 0.15) is 5.75 Å². The van der Waals surface area contributed by atoms with Gasteiger partial charge in [0.25, 0.3) is 5.91 Å². The van der Waals surface area contributed by atoms with Crippen LogP contribution in [0.25, 0.3) is 0 Å². The highest BCUT2D eigenvalue weighted by Crippen LogP contribution is 2.21. The third-order valence-electron chi connectivity index (χ3n) is 3.89. The average Bonchev–Trinajstić information content (AvgIpc) is 2.72. The SMILES string of the molecule is Cc1cc(OCC(=O)NNC(=O)CCC(=O)OCCc2ccccc2)ccc1Br. The standard InChI is InChI=1S/C21H23BrN2O5/c1-15-13-17(7-8-18(15)22)29-14-20(26)24-23-19(25)9-10-21(27)28-12-11-16-5-3-2-4-6-16/h2-8,13H,9-12,14H2,1H3,(H,23,25)(H,24,26). The van der Waals surface area contributed by atoms with E-state index >= 15 is 0 Å². The van der Waals surface area contributed by atoms with E-state index in [0.29, 0.717) is 12.2 Å². The van der Waals surface area contributed by atoms with Crippen LogP contribution in [0.5, 0.6) is 5.75 Å². The summed E-state index contributed by atoms with van der Waals surface area (Å²) in [5.74, 6) is -0.913. The van der Waals surface area contributed by atoms with Gasteiger partial charge in [-0.3, -0.25) is 25.2 Å². The van der Waals surface area contributed by atoms with Crippen LogP contribution in [0, 0.1) is 6.92 Å². The first-order valence-electron chi connectivity index (χ1n) is 9.10. The van der Waals surface area contributed by atoms with E-state index in [2.05, 4.69) is 26.8 Å². The zero-order chi connectivity index (χ0) is 21.1. The lowest BCUT2D eigenvalue weighted by molar-refractivity contribution is -0.145. The van der Waals surface area contributed by atoms with E-state index in [1.807, 2.05) is 43.3 Å². The molecule has 0 aromatic heterocycles. The number of hydrogen-bond acceptors (Lipinski definition) is 5. The molecule has 154 valence electrons. The Bertz CT molecular complexity index is 842. The summed E-state index contributed by atoms with van der Waals surface area (Å²) in [4.78, 5) is 35.1. The minimum Gasteiger partial charge on any atom is -0.484 e. The number of aryl methyl sites for hydroxylation is 1. The van der Waals surface area contributed by atoms with Crippen molar-refractivity contribution in [3.63, 3.8) is 0 Å². The zero-order valence-corrected chi connectivity index (χ0v) is 17.7. The summed E-state index contributed by atoms with van der Waals surface area (Å²) in [6.07, 6.45) is 0.467. The second-order valence-corrected chi connectivity index (χ2v) is 7.11. The number of carbonyl (C=O) groups excluding carboxylic acids is 3. The molecule has 29 heavy (non-hydrogen) atoms. The van der Waals surface area contributed by atoms with Gasteiger partial charge in [-0.15, -0.1) is 0 Å². The Morgan fingerprint density at radius 1 is 0.966 bits per heavy atom. The first kappa shape index (κ1) is 22.4. The Hall–Kier alpha value is -2.87. The Kier molecular flexibility index (Phi) is 9.17. The highest BCUT2D eigenvalue weighted by Gasteiger charge is 2.10. The van der Waals surface area contributed by atoms with Crippen LogP contribution in [0.3, 0.4) is 0 Å². The molecule has 7 nitrogen and oxygen atoms in total. The predicted octanol–water partition coefficient (Wildman–Crippen LogP) is 2.85. The first-order chi connectivity index (χ1) is 13.9. The maximum absolute atomic E-state index is 11.7. The van der Waals surface area contributed by atoms with Crippen LogP contribution in [0.2, 0.25) is 0 Å². The van der Waals surface area contributed by atoms with Crippen molar-refractivity contribution >= 4 is 33.7 Å². The molecule has 0 radical (unpaired) electrons. The van der Waals surface area contributed by atoms with Crippen molar-refractivity contribution in [3.8, 4) is 5.75 Å². The fourth-order valence-corrected chi connectivity index (χ4v) is 2.56. The van der Waals surface area contributed by atoms with Crippen molar-refractivity contribution in [2.75, 3.05) is 13.2 Å². The third-order valence-corrected chi connectivity index (χ3v) is 4.78. The Morgan fingerprint density at radius 2 is 1.69 bits per heavy atom. The largest absolute Gasteiger partial charge is 0.484 e. The molecule has 0 bridgehead atoms. The second-order valence-electron chi connectivity index (χ2n) is 6.25. The van der Waals surface area contributed by atoms with Crippen LogP contribution in [0.4, 0.5) is 0 Å². The molecule has 0 saturated heterocycles. The number of rotatable bonds is 9. The molecule has 2 rings (SSSR count). The number of nitrogens with one attached hydrogen (secondary N) is 2. The lowest BCUT2D eigenvalue weighted by Gasteiger charge is -2.10. The number of ether oxygens (including phenoxy) is 2. The van der Waals surface area contributed by atoms with E-state index in [0.717, 1.165) is 15.6 Å². The van der Waals surface area contributed by atoms with E-state index in [-0.39, 0.29) is 26.1 Å². The zero-order valence-electron chi connectivity index (χ0n) is 16.1. The molecule has 0 fully saturated rings. The fourth-order valence-electron chi connectivity index (χ4n) is 2.31. The van der Waals surface area contributed by atoms with Crippen molar-refractivity contribution in [3.05, 3.63) is 64.1 Å². The summed E-state index contributed by atoms with van der Waals surface area (Å²) < 4.78 is 11.4. The van der Waals surface area contributed by atoms with E-state index in [1.165, 1.54) is 0 Å². The Morgan fingerprint density at radius 3 is 2.41 bits per heavy atom. The molecule has 0 spiro atoms. The number of halogens is 1. The normalized spacial score (nSPS) is 10.1. The van der Waals surface area contributed by atoms with E-state index in [4.69, 9.17) is 9.47 Å². The summed E-state index contributed by atoms with van der Waals surface area (Å²) >= 11 is 3.38. The summed E-state index contributed by atoms with van der Waals surface area (Å²) in [6, 6.07) is 15.0. The molecule has 0 saturated carbocycles. The molecule has 0 aliphatic rings. The molecule has 2 amide bonds. The summed E-state index contributed by atoms with van der Waals surface area (Å²) in [5.41, 5.74) is 6.53. The number of carbonyl (C=O) groups is 3. The van der Waals surface area contributed by atoms with Gasteiger partial charge in [-0.25, -0.2) is 0 Å². The number of hydrazine groups is 1. The van der Waals surface area contributed by atoms with Gasteiger partial charge < -0.3 is 9.47 Å². The highest BCUT2D eigenvalue weighted by atomic mass is 79.9. The lowest BCUT2D eigenvalue weighted by atomic mass is 10.2. The highest BCUT2D eigenvalue weighted by molar-refractivity contribution is 9.10. The molecule has 0 atom stereocenters. The topological polar surface area (TPSA) is 93.7 Å². The van der Waals surface area contributed by atoms with Gasteiger partial charge in [-0.1, -0.05) is 46.3 Å². The number of amides is 2. The maximum atomic E-state index is 11.7. The summed E-state index contributed by atoms with van der Waals surface area (Å²) in [5, 5.41) is 0. The smallest absolute Gasteiger partial charge is 0.306 e. The minimum absolute atomic E-state index is 0.0643. The quantitative estimate of drug-likeness (QED) is 0.441. The lowest BCUT2D eigenvalue weighted by Crippen LogP contribution is -2.43. The van der Waals surface area contributed by atoms with Crippen LogP contribution in [0.1, 0.15) is 24.0 Å². The van der Waals surface area contributed by atoms with Crippen molar-refractivity contribution in [2.45, 2.75) is 26.2 Å². The molecule has 2 aromatic carbocycles. The van der Waals surface area contributed by atoms with E-state index < -0.39 is 17.8 Å². The molecule has 0 aliphatic carbocycles. The Balaban J connectivity index is 1.56. The fraction of sp³-hybridized carbons (Fsp3) is 0.286. The van der Waals surface area contributed by atoms with E-state index in [9.17, 15) is 14.4 Å². The monoisotopic (exact) mass is 462 g/mol. The van der Waals surface area contributed by atoms with Crippen molar-refractivity contribution in [1.82, 2.24) is 10.9 Å². The number of hydrogen-bond donors (Lipinski definition) is 2. The maximum Gasteiger partial charge on any atom is 0.306 e. The number of benzene rings is 2. The summed E-state index contributed by atoms with van der Waals surface area (Å²) in [7, 11) is 0. The average molecular weight is 463 g/mol. The third kappa shape index (κ3) is 8.78.